The van der Waals surface area contributed by atoms with Crippen LogP contribution >= 0.6 is 11.8 Å². The SMILES string of the molecule is COC(=O)c1ccc2c(=O)n(-c3ccccc3)c(SCC(=O)N(CCC#N)CCC#N)nc2c1. The number of thioether (sulfide) groups is 1. The third-order valence-corrected chi connectivity index (χ3v) is 5.86. The fourth-order valence-electron chi connectivity index (χ4n) is 3.26. The summed E-state index contributed by atoms with van der Waals surface area (Å²) in [5, 5.41) is 18.3. The van der Waals surface area contributed by atoms with Crippen LogP contribution in [-0.2, 0) is 9.53 Å². The van der Waals surface area contributed by atoms with Gasteiger partial charge in [0.25, 0.3) is 5.56 Å². The average Bonchev–Trinajstić information content (AvgIpc) is 2.87. The molecule has 0 bridgehead atoms. The number of carbonyl (C=O) groups excluding carboxylic acids is 2. The molecule has 2 aromatic carbocycles. The van der Waals surface area contributed by atoms with Gasteiger partial charge in [-0.1, -0.05) is 30.0 Å². The molecule has 0 aliphatic carbocycles. The quantitative estimate of drug-likeness (QED) is 0.262. The molecule has 172 valence electrons. The topological polar surface area (TPSA) is 129 Å². The molecule has 34 heavy (non-hydrogen) atoms. The fraction of sp³-hybridized carbons (Fsp3) is 0.250. The summed E-state index contributed by atoms with van der Waals surface area (Å²) in [5.74, 6) is -0.864. The van der Waals surface area contributed by atoms with E-state index < -0.39 is 5.97 Å². The Hall–Kier alpha value is -4.15. The minimum absolute atomic E-state index is 0.0433. The van der Waals surface area contributed by atoms with E-state index in [0.717, 1.165) is 11.8 Å². The molecular formula is C24H21N5O4S. The van der Waals surface area contributed by atoms with Crippen LogP contribution in [0.25, 0.3) is 16.6 Å². The summed E-state index contributed by atoms with van der Waals surface area (Å²) in [7, 11) is 1.27. The van der Waals surface area contributed by atoms with E-state index in [1.54, 1.807) is 24.3 Å². The number of carbonyl (C=O) groups is 2. The van der Waals surface area contributed by atoms with E-state index in [9.17, 15) is 14.4 Å². The number of rotatable bonds is 9. The van der Waals surface area contributed by atoms with Crippen LogP contribution in [0, 0.1) is 22.7 Å². The predicted molar refractivity (Wildman–Crippen MR) is 126 cm³/mol. The Morgan fingerprint density at radius 2 is 1.76 bits per heavy atom. The summed E-state index contributed by atoms with van der Waals surface area (Å²) in [4.78, 5) is 44.2. The van der Waals surface area contributed by atoms with Crippen molar-refractivity contribution < 1.29 is 14.3 Å². The number of fused-ring (bicyclic) bond motifs is 1. The largest absolute Gasteiger partial charge is 0.465 e. The Balaban J connectivity index is 2.02. The second-order valence-electron chi connectivity index (χ2n) is 7.08. The highest BCUT2D eigenvalue weighted by Crippen LogP contribution is 2.22. The van der Waals surface area contributed by atoms with Gasteiger partial charge in [0.2, 0.25) is 5.91 Å². The molecule has 0 aliphatic heterocycles. The summed E-state index contributed by atoms with van der Waals surface area (Å²) in [6.07, 6.45) is 0.308. The van der Waals surface area contributed by atoms with Gasteiger partial charge in [-0.05, 0) is 30.3 Å². The second-order valence-corrected chi connectivity index (χ2v) is 8.02. The van der Waals surface area contributed by atoms with Crippen LogP contribution < -0.4 is 5.56 Å². The van der Waals surface area contributed by atoms with Crippen molar-refractivity contribution in [2.24, 2.45) is 0 Å². The number of amides is 1. The molecule has 0 radical (unpaired) electrons. The van der Waals surface area contributed by atoms with Crippen molar-refractivity contribution in [2.45, 2.75) is 18.0 Å². The number of ether oxygens (including phenoxy) is 1. The zero-order chi connectivity index (χ0) is 24.5. The van der Waals surface area contributed by atoms with Gasteiger partial charge in [-0.3, -0.25) is 14.2 Å². The smallest absolute Gasteiger partial charge is 0.337 e. The van der Waals surface area contributed by atoms with Gasteiger partial charge in [0.1, 0.15) is 0 Å². The molecule has 0 spiro atoms. The number of nitriles is 2. The first kappa shape index (κ1) is 24.5. The lowest BCUT2D eigenvalue weighted by Gasteiger charge is -2.20. The number of esters is 1. The molecule has 0 fully saturated rings. The molecule has 0 saturated carbocycles. The average molecular weight is 476 g/mol. The van der Waals surface area contributed by atoms with E-state index in [2.05, 4.69) is 4.98 Å². The molecule has 9 nitrogen and oxygen atoms in total. The zero-order valence-electron chi connectivity index (χ0n) is 18.4. The summed E-state index contributed by atoms with van der Waals surface area (Å²) in [5.41, 5.74) is 0.805. The third-order valence-electron chi connectivity index (χ3n) is 4.94. The summed E-state index contributed by atoms with van der Waals surface area (Å²) >= 11 is 1.07. The maximum absolute atomic E-state index is 13.4. The van der Waals surface area contributed by atoms with Gasteiger partial charge in [0.05, 0.1) is 60.0 Å². The van der Waals surface area contributed by atoms with Gasteiger partial charge in [0, 0.05) is 13.1 Å². The molecule has 1 aromatic heterocycles. The minimum atomic E-state index is -0.550. The number of hydrogen-bond acceptors (Lipinski definition) is 8. The van der Waals surface area contributed by atoms with Gasteiger partial charge in [-0.25, -0.2) is 9.78 Å². The second kappa shape index (κ2) is 11.6. The normalized spacial score (nSPS) is 10.3. The van der Waals surface area contributed by atoms with Crippen molar-refractivity contribution in [3.63, 3.8) is 0 Å². The van der Waals surface area contributed by atoms with Crippen molar-refractivity contribution in [3.8, 4) is 17.8 Å². The molecule has 10 heteroatoms. The number of benzene rings is 2. The van der Waals surface area contributed by atoms with Crippen molar-refractivity contribution in [1.82, 2.24) is 14.5 Å². The first-order valence-electron chi connectivity index (χ1n) is 10.3. The number of hydrogen-bond donors (Lipinski definition) is 0. The van der Waals surface area contributed by atoms with Gasteiger partial charge in [-0.15, -0.1) is 0 Å². The van der Waals surface area contributed by atoms with Crippen LogP contribution in [0.5, 0.6) is 0 Å². The Kier molecular flexibility index (Phi) is 8.38. The molecular weight excluding hydrogens is 454 g/mol. The molecule has 0 saturated heterocycles. The highest BCUT2D eigenvalue weighted by molar-refractivity contribution is 7.99. The predicted octanol–water partition coefficient (Wildman–Crippen LogP) is 2.92. The summed E-state index contributed by atoms with van der Waals surface area (Å²) < 4.78 is 6.18. The Labute approximate surface area is 200 Å². The molecule has 0 aliphatic rings. The summed E-state index contributed by atoms with van der Waals surface area (Å²) in [6, 6.07) is 17.4. The number of para-hydroxylation sites is 1. The molecule has 1 heterocycles. The van der Waals surface area contributed by atoms with Crippen LogP contribution in [0.3, 0.4) is 0 Å². The highest BCUT2D eigenvalue weighted by Gasteiger charge is 2.19. The minimum Gasteiger partial charge on any atom is -0.465 e. The molecule has 3 aromatic rings. The Morgan fingerprint density at radius 1 is 1.09 bits per heavy atom. The van der Waals surface area contributed by atoms with Gasteiger partial charge in [-0.2, -0.15) is 10.5 Å². The van der Waals surface area contributed by atoms with Crippen LogP contribution in [0.4, 0.5) is 0 Å². The van der Waals surface area contributed by atoms with E-state index in [0.29, 0.717) is 16.6 Å². The standard InChI is InChI=1S/C24H21N5O4S/c1-33-23(32)17-9-10-19-20(15-17)27-24(29(22(19)31)18-7-3-2-4-8-18)34-16-21(30)28(13-5-11-25)14-6-12-26/h2-4,7-10,15H,5-6,13-14,16H2,1H3. The van der Waals surface area contributed by atoms with E-state index in [4.69, 9.17) is 15.3 Å². The first-order valence-corrected chi connectivity index (χ1v) is 11.3. The number of nitrogens with zero attached hydrogens (tertiary/aromatic N) is 5. The first-order chi connectivity index (χ1) is 16.5. The lowest BCUT2D eigenvalue weighted by Crippen LogP contribution is -2.34. The highest BCUT2D eigenvalue weighted by atomic mass is 32.2. The lowest BCUT2D eigenvalue weighted by molar-refractivity contribution is -0.128. The Bertz CT molecular complexity index is 1320. The third kappa shape index (κ3) is 5.61. The molecule has 0 unspecified atom stereocenters. The maximum Gasteiger partial charge on any atom is 0.337 e. The zero-order valence-corrected chi connectivity index (χ0v) is 19.2. The monoisotopic (exact) mass is 475 g/mol. The van der Waals surface area contributed by atoms with E-state index >= 15 is 0 Å². The Morgan fingerprint density at radius 3 is 2.38 bits per heavy atom. The lowest BCUT2D eigenvalue weighted by atomic mass is 10.1. The van der Waals surface area contributed by atoms with Crippen molar-refractivity contribution in [2.75, 3.05) is 26.0 Å². The summed E-state index contributed by atoms with van der Waals surface area (Å²) in [6.45, 7) is 0.438. The van der Waals surface area contributed by atoms with E-state index in [-0.39, 0.29) is 53.9 Å². The number of aromatic nitrogens is 2. The van der Waals surface area contributed by atoms with Crippen LogP contribution in [0.1, 0.15) is 23.2 Å². The van der Waals surface area contributed by atoms with Crippen molar-refractivity contribution >= 4 is 34.5 Å². The number of methoxy groups -OCH3 is 1. The fourth-order valence-corrected chi connectivity index (χ4v) is 4.18. The molecule has 1 amide bonds. The molecule has 0 atom stereocenters. The van der Waals surface area contributed by atoms with Crippen molar-refractivity contribution in [3.05, 3.63) is 64.4 Å². The van der Waals surface area contributed by atoms with Crippen molar-refractivity contribution in [1.29, 1.82) is 10.5 Å². The molecule has 3 rings (SSSR count). The van der Waals surface area contributed by atoms with E-state index in [1.807, 2.05) is 18.2 Å². The maximum atomic E-state index is 13.4. The van der Waals surface area contributed by atoms with Crippen LogP contribution in [-0.4, -0.2) is 52.3 Å². The van der Waals surface area contributed by atoms with Gasteiger partial charge in [0.15, 0.2) is 5.16 Å². The van der Waals surface area contributed by atoms with E-state index in [1.165, 1.54) is 34.8 Å². The van der Waals surface area contributed by atoms with Crippen LogP contribution in [0.15, 0.2) is 58.5 Å². The van der Waals surface area contributed by atoms with Gasteiger partial charge < -0.3 is 9.64 Å². The van der Waals surface area contributed by atoms with Crippen LogP contribution in [0.2, 0.25) is 0 Å². The molecule has 0 N–H and O–H groups in total. The van der Waals surface area contributed by atoms with Gasteiger partial charge >= 0.3 is 5.97 Å².